The quantitative estimate of drug-likeness (QED) is 0.316. The van der Waals surface area contributed by atoms with Crippen molar-refractivity contribution in [3.05, 3.63) is 88.8 Å². The summed E-state index contributed by atoms with van der Waals surface area (Å²) in [6.07, 6.45) is 18.5. The van der Waals surface area contributed by atoms with E-state index in [2.05, 4.69) is 49.1 Å². The molecule has 2 aromatic heterocycles. The molecule has 0 bridgehead atoms. The third kappa shape index (κ3) is 6.16. The number of halogens is 1. The van der Waals surface area contributed by atoms with Crippen LogP contribution in [0.15, 0.2) is 76.7 Å². The van der Waals surface area contributed by atoms with Crippen molar-refractivity contribution in [2.75, 3.05) is 32.4 Å². The molecule has 0 radical (unpaired) electrons. The van der Waals surface area contributed by atoms with Crippen LogP contribution in [0.3, 0.4) is 0 Å². The molecule has 36 heavy (non-hydrogen) atoms. The van der Waals surface area contributed by atoms with Crippen LogP contribution in [-0.2, 0) is 6.54 Å². The first-order valence-electron chi connectivity index (χ1n) is 11.9. The molecule has 4 rings (SSSR count). The van der Waals surface area contributed by atoms with Crippen molar-refractivity contribution in [3.8, 4) is 6.19 Å². The van der Waals surface area contributed by atoms with Crippen LogP contribution < -0.4 is 0 Å². The number of allylic oxidation sites excluding steroid dienone is 5. The van der Waals surface area contributed by atoms with Gasteiger partial charge in [0.15, 0.2) is 5.17 Å². The highest BCUT2D eigenvalue weighted by Crippen LogP contribution is 2.31. The highest BCUT2D eigenvalue weighted by molar-refractivity contribution is 8.13. The van der Waals surface area contributed by atoms with Gasteiger partial charge in [0.2, 0.25) is 6.19 Å². The van der Waals surface area contributed by atoms with Crippen LogP contribution in [0.2, 0.25) is 0 Å². The number of pyridine rings is 1. The van der Waals surface area contributed by atoms with Gasteiger partial charge in [-0.1, -0.05) is 42.1 Å². The Balaban J connectivity index is 1.69. The van der Waals surface area contributed by atoms with Gasteiger partial charge in [-0.25, -0.2) is 4.98 Å². The monoisotopic (exact) mass is 519 g/mol. The van der Waals surface area contributed by atoms with E-state index in [0.717, 1.165) is 66.0 Å². The average Bonchev–Trinajstić information content (AvgIpc) is 3.28. The number of hydrogen-bond donors (Lipinski definition) is 0. The van der Waals surface area contributed by atoms with Gasteiger partial charge in [-0.2, -0.15) is 5.26 Å². The second-order valence-corrected chi connectivity index (χ2v) is 9.89. The van der Waals surface area contributed by atoms with Gasteiger partial charge in [-0.05, 0) is 60.6 Å². The molecule has 0 N–H and O–H groups in total. The molecule has 1 unspecified atom stereocenters. The van der Waals surface area contributed by atoms with E-state index in [1.54, 1.807) is 0 Å². The van der Waals surface area contributed by atoms with Crippen molar-refractivity contribution in [3.63, 3.8) is 0 Å². The van der Waals surface area contributed by atoms with E-state index in [-0.39, 0.29) is 6.04 Å². The Morgan fingerprint density at radius 3 is 2.75 bits per heavy atom. The van der Waals surface area contributed by atoms with Crippen LogP contribution in [-0.4, -0.2) is 61.9 Å². The second kappa shape index (κ2) is 12.2. The maximum atomic E-state index is 9.02. The van der Waals surface area contributed by atoms with Gasteiger partial charge in [0, 0.05) is 56.3 Å². The molecule has 9 heteroatoms. The number of aliphatic imine (C=N–C) groups is 1. The number of imidazole rings is 1. The number of piperazine rings is 1. The maximum Gasteiger partial charge on any atom is 0.208 e. The smallest absolute Gasteiger partial charge is 0.208 e. The van der Waals surface area contributed by atoms with E-state index in [1.807, 2.05) is 56.2 Å². The van der Waals surface area contributed by atoms with E-state index in [0.29, 0.717) is 11.6 Å². The normalized spacial score (nSPS) is 23.5. The van der Waals surface area contributed by atoms with Gasteiger partial charge >= 0.3 is 0 Å². The number of fused-ring (bicyclic) bond motifs is 1. The first kappa shape index (κ1) is 26.0. The molecule has 186 valence electrons. The zero-order valence-corrected chi connectivity index (χ0v) is 22.2. The molecule has 0 amide bonds. The van der Waals surface area contributed by atoms with Gasteiger partial charge in [0.25, 0.3) is 0 Å². The molecular weight excluding hydrogens is 490 g/mol. The van der Waals surface area contributed by atoms with Crippen LogP contribution in [0.1, 0.15) is 29.5 Å². The number of amidine groups is 1. The molecule has 0 aromatic carbocycles. The Hall–Kier alpha value is -3.12. The molecule has 1 aliphatic heterocycles. The Bertz CT molecular complexity index is 1260. The van der Waals surface area contributed by atoms with Crippen LogP contribution in [0.5, 0.6) is 0 Å². The van der Waals surface area contributed by atoms with Crippen LogP contribution >= 0.6 is 23.4 Å². The number of nitrogens with zero attached hydrogens (tertiary/aromatic N) is 7. The average molecular weight is 520 g/mol. The topological polar surface area (TPSA) is 73.3 Å². The zero-order valence-electron chi connectivity index (χ0n) is 20.6. The fraction of sp³-hybridized carbons (Fsp3) is 0.333. The molecule has 1 atom stereocenters. The number of aryl methyl sites for hydroxylation is 1. The molecule has 2 aliphatic rings. The summed E-state index contributed by atoms with van der Waals surface area (Å²) in [6.45, 7) is 10.3. The Morgan fingerprint density at radius 1 is 1.25 bits per heavy atom. The van der Waals surface area contributed by atoms with Crippen LogP contribution in [0.25, 0.3) is 6.08 Å². The Kier molecular flexibility index (Phi) is 8.81. The summed E-state index contributed by atoms with van der Waals surface area (Å²) >= 11 is 8.09. The predicted molar refractivity (Wildman–Crippen MR) is 148 cm³/mol. The summed E-state index contributed by atoms with van der Waals surface area (Å²) in [5.41, 5.74) is 4.03. The van der Waals surface area contributed by atoms with E-state index < -0.39 is 0 Å². The summed E-state index contributed by atoms with van der Waals surface area (Å²) in [4.78, 5) is 17.9. The summed E-state index contributed by atoms with van der Waals surface area (Å²) < 4.78 is 2.10. The highest BCUT2D eigenvalue weighted by atomic mass is 35.5. The molecule has 0 spiro atoms. The lowest BCUT2D eigenvalue weighted by atomic mass is 9.98. The van der Waals surface area contributed by atoms with E-state index in [4.69, 9.17) is 21.8 Å². The van der Waals surface area contributed by atoms with Gasteiger partial charge in [0.05, 0.1) is 11.7 Å². The van der Waals surface area contributed by atoms with E-state index in [9.17, 15) is 0 Å². The van der Waals surface area contributed by atoms with Gasteiger partial charge < -0.3 is 9.47 Å². The van der Waals surface area contributed by atoms with Gasteiger partial charge in [-0.3, -0.25) is 9.88 Å². The van der Waals surface area contributed by atoms with Crippen molar-refractivity contribution in [2.24, 2.45) is 4.99 Å². The second-order valence-electron chi connectivity index (χ2n) is 8.68. The predicted octanol–water partition coefficient (Wildman–Crippen LogP) is 5.17. The lowest BCUT2D eigenvalue weighted by Crippen LogP contribution is -2.49. The summed E-state index contributed by atoms with van der Waals surface area (Å²) in [7, 11) is 0. The lowest BCUT2D eigenvalue weighted by Gasteiger charge is -2.39. The number of aromatic nitrogens is 3. The number of rotatable bonds is 3. The number of nitriles is 1. The maximum absolute atomic E-state index is 9.02. The Labute approximate surface area is 222 Å². The van der Waals surface area contributed by atoms with Crippen LogP contribution in [0.4, 0.5) is 0 Å². The van der Waals surface area contributed by atoms with Crippen molar-refractivity contribution in [1.29, 1.82) is 5.26 Å². The van der Waals surface area contributed by atoms with E-state index >= 15 is 0 Å². The fourth-order valence-electron chi connectivity index (χ4n) is 4.58. The SMILES string of the molecule is C=C1/C=C(Cl)\C=C/CC(N2CCN(/C(=N/C#N)SC)CC2)c2ncccc2/C=C\1Cn1ccnc1C. The summed E-state index contributed by atoms with van der Waals surface area (Å²) in [5, 5.41) is 10.4. The number of hydrogen-bond acceptors (Lipinski definition) is 6. The zero-order chi connectivity index (χ0) is 25.5. The highest BCUT2D eigenvalue weighted by Gasteiger charge is 2.28. The molecule has 0 saturated carbocycles. The fourth-order valence-corrected chi connectivity index (χ4v) is 5.37. The van der Waals surface area contributed by atoms with E-state index in [1.165, 1.54) is 11.8 Å². The third-order valence-corrected chi connectivity index (χ3v) is 7.45. The standard InChI is InChI=1S/C27H30ClN7S/c1-20-16-24(28)7-4-8-25(33-12-14-34(15-13-33)27(36-3)32-19-29)26-22(6-5-9-31-26)17-23(20)18-35-11-10-30-21(35)2/h4-7,9-11,16-17,25H,1,8,12-15,18H2,2-3H3/b7-4-,23-17-,24-16+,32-27-. The van der Waals surface area contributed by atoms with Crippen molar-refractivity contribution in [1.82, 2.24) is 24.3 Å². The first-order chi connectivity index (χ1) is 17.5. The number of thioether (sulfide) groups is 1. The third-order valence-electron chi connectivity index (χ3n) is 6.50. The Morgan fingerprint density at radius 2 is 2.06 bits per heavy atom. The molecular formula is C27H30ClN7S. The minimum atomic E-state index is 0.0912. The molecule has 3 heterocycles. The summed E-state index contributed by atoms with van der Waals surface area (Å²) in [6, 6.07) is 4.19. The molecule has 7 nitrogen and oxygen atoms in total. The minimum absolute atomic E-state index is 0.0912. The van der Waals surface area contributed by atoms with Crippen molar-refractivity contribution >= 4 is 34.6 Å². The molecule has 2 aromatic rings. The van der Waals surface area contributed by atoms with Crippen molar-refractivity contribution in [2.45, 2.75) is 25.9 Å². The molecule has 1 aliphatic carbocycles. The largest absolute Gasteiger partial charge is 0.348 e. The molecule has 1 fully saturated rings. The first-order valence-corrected chi connectivity index (χ1v) is 13.5. The van der Waals surface area contributed by atoms with Crippen molar-refractivity contribution < 1.29 is 0 Å². The minimum Gasteiger partial charge on any atom is -0.348 e. The lowest BCUT2D eigenvalue weighted by molar-refractivity contribution is 0.131. The molecule has 1 saturated heterocycles. The van der Waals surface area contributed by atoms with Gasteiger partial charge in [0.1, 0.15) is 5.82 Å². The summed E-state index contributed by atoms with van der Waals surface area (Å²) in [5.74, 6) is 0.944. The van der Waals surface area contributed by atoms with Crippen LogP contribution in [0, 0.1) is 18.4 Å². The van der Waals surface area contributed by atoms with Gasteiger partial charge in [-0.15, -0.1) is 4.99 Å².